The maximum Gasteiger partial charge on any atom is 0.356 e. The Morgan fingerprint density at radius 3 is 2.88 bits per heavy atom. The zero-order chi connectivity index (χ0) is 11.7. The van der Waals surface area contributed by atoms with Crippen LogP contribution in [0.4, 0.5) is 0 Å². The first-order valence-corrected chi connectivity index (χ1v) is 5.28. The molecule has 0 fully saturated rings. The number of aryl methyl sites for hydroxylation is 1. The van der Waals surface area contributed by atoms with Gasteiger partial charge in [-0.25, -0.2) is 14.5 Å². The van der Waals surface area contributed by atoms with E-state index in [4.69, 9.17) is 5.11 Å². The van der Waals surface area contributed by atoms with E-state index in [0.29, 0.717) is 5.82 Å². The van der Waals surface area contributed by atoms with E-state index in [9.17, 15) is 4.79 Å². The number of carbonyl (C=O) groups is 1. The third-order valence-corrected chi connectivity index (χ3v) is 2.91. The highest BCUT2D eigenvalue weighted by molar-refractivity contribution is 9.10. The third-order valence-electron chi connectivity index (χ3n) is 2.08. The van der Waals surface area contributed by atoms with Gasteiger partial charge < -0.3 is 5.11 Å². The molecule has 16 heavy (non-hydrogen) atoms. The van der Waals surface area contributed by atoms with E-state index in [-0.39, 0.29) is 5.69 Å². The highest BCUT2D eigenvalue weighted by atomic mass is 79.9. The number of hydrogen-bond donors (Lipinski definition) is 1. The second kappa shape index (κ2) is 4.05. The molecule has 2 aromatic heterocycles. The van der Waals surface area contributed by atoms with Gasteiger partial charge in [0, 0.05) is 16.9 Å². The van der Waals surface area contributed by atoms with Gasteiger partial charge in [-0.1, -0.05) is 0 Å². The summed E-state index contributed by atoms with van der Waals surface area (Å²) in [7, 11) is 0. The summed E-state index contributed by atoms with van der Waals surface area (Å²) in [4.78, 5) is 14.8. The zero-order valence-corrected chi connectivity index (χ0v) is 9.97. The van der Waals surface area contributed by atoms with E-state index in [0.717, 1.165) is 10.0 Å². The summed E-state index contributed by atoms with van der Waals surface area (Å²) in [5, 5.41) is 12.6. The Bertz CT molecular complexity index is 551. The van der Waals surface area contributed by atoms with Gasteiger partial charge in [-0.15, -0.1) is 0 Å². The summed E-state index contributed by atoms with van der Waals surface area (Å²) in [6.07, 6.45) is 3.23. The van der Waals surface area contributed by atoms with Crippen LogP contribution in [0.25, 0.3) is 5.82 Å². The van der Waals surface area contributed by atoms with Gasteiger partial charge in [0.2, 0.25) is 0 Å². The predicted octanol–water partition coefficient (Wildman–Crippen LogP) is 2.04. The molecule has 2 heterocycles. The molecule has 0 saturated heterocycles. The van der Waals surface area contributed by atoms with Crippen molar-refractivity contribution in [2.75, 3.05) is 0 Å². The largest absolute Gasteiger partial charge is 0.476 e. The van der Waals surface area contributed by atoms with E-state index < -0.39 is 5.97 Å². The topological polar surface area (TPSA) is 68.0 Å². The highest BCUT2D eigenvalue weighted by Gasteiger charge is 2.08. The van der Waals surface area contributed by atoms with Gasteiger partial charge in [-0.3, -0.25) is 0 Å². The average molecular weight is 282 g/mol. The number of hydrogen-bond acceptors (Lipinski definition) is 3. The summed E-state index contributed by atoms with van der Waals surface area (Å²) >= 11 is 3.34. The summed E-state index contributed by atoms with van der Waals surface area (Å²) < 4.78 is 2.34. The van der Waals surface area contributed by atoms with Crippen LogP contribution in [0, 0.1) is 6.92 Å². The number of carboxylic acid groups (broad SMARTS) is 1. The molecular weight excluding hydrogens is 274 g/mol. The van der Waals surface area contributed by atoms with Crippen LogP contribution in [0.15, 0.2) is 29.0 Å². The molecule has 2 rings (SSSR count). The highest BCUT2D eigenvalue weighted by Crippen LogP contribution is 2.16. The Hall–Kier alpha value is -1.69. The Kier molecular flexibility index (Phi) is 2.74. The van der Waals surface area contributed by atoms with Crippen LogP contribution in [0.2, 0.25) is 0 Å². The zero-order valence-electron chi connectivity index (χ0n) is 8.38. The van der Waals surface area contributed by atoms with Gasteiger partial charge >= 0.3 is 5.97 Å². The Balaban J connectivity index is 2.42. The van der Waals surface area contributed by atoms with Gasteiger partial charge in [0.05, 0.1) is 0 Å². The molecule has 1 N–H and O–H groups in total. The molecule has 0 aliphatic heterocycles. The lowest BCUT2D eigenvalue weighted by Gasteiger charge is -2.02. The molecule has 0 spiro atoms. The van der Waals surface area contributed by atoms with Crippen molar-refractivity contribution in [3.05, 3.63) is 40.3 Å². The molecule has 0 atom stereocenters. The van der Waals surface area contributed by atoms with Crippen molar-refractivity contribution in [3.63, 3.8) is 0 Å². The number of halogens is 1. The summed E-state index contributed by atoms with van der Waals surface area (Å²) in [5.74, 6) is -0.458. The number of aromatic carboxylic acids is 1. The third kappa shape index (κ3) is 1.96. The van der Waals surface area contributed by atoms with Gasteiger partial charge in [-0.2, -0.15) is 5.10 Å². The standard InChI is InChI=1S/C10H8BrN3O2/c1-6-4-9(12-5-7(6)11)14-3-2-8(13-14)10(15)16/h2-5H,1H3,(H,15,16). The number of pyridine rings is 1. The maximum absolute atomic E-state index is 10.7. The molecule has 0 unspecified atom stereocenters. The Morgan fingerprint density at radius 2 is 2.31 bits per heavy atom. The SMILES string of the molecule is Cc1cc(-n2ccc(C(=O)O)n2)ncc1Br. The lowest BCUT2D eigenvalue weighted by atomic mass is 10.3. The van der Waals surface area contributed by atoms with Crippen molar-refractivity contribution in [3.8, 4) is 5.82 Å². The van der Waals surface area contributed by atoms with Crippen molar-refractivity contribution in [1.82, 2.24) is 14.8 Å². The molecule has 0 bridgehead atoms. The van der Waals surface area contributed by atoms with Crippen LogP contribution in [0.3, 0.4) is 0 Å². The predicted molar refractivity (Wildman–Crippen MR) is 60.8 cm³/mol. The van der Waals surface area contributed by atoms with Gasteiger partial charge in [-0.05, 0) is 40.5 Å². The summed E-state index contributed by atoms with van der Waals surface area (Å²) in [6, 6.07) is 3.25. The van der Waals surface area contributed by atoms with Crippen molar-refractivity contribution < 1.29 is 9.90 Å². The lowest BCUT2D eigenvalue weighted by molar-refractivity contribution is 0.0690. The van der Waals surface area contributed by atoms with Crippen LogP contribution in [-0.2, 0) is 0 Å². The fourth-order valence-corrected chi connectivity index (χ4v) is 1.43. The maximum atomic E-state index is 10.7. The van der Waals surface area contributed by atoms with Crippen LogP contribution in [0.1, 0.15) is 16.1 Å². The van der Waals surface area contributed by atoms with Crippen LogP contribution in [0.5, 0.6) is 0 Å². The molecular formula is C10H8BrN3O2. The number of carboxylic acids is 1. The summed E-state index contributed by atoms with van der Waals surface area (Å²) in [6.45, 7) is 1.93. The normalized spacial score (nSPS) is 10.4. The molecule has 0 radical (unpaired) electrons. The van der Waals surface area contributed by atoms with E-state index in [1.807, 2.05) is 13.0 Å². The van der Waals surface area contributed by atoms with Crippen LogP contribution in [-0.4, -0.2) is 25.8 Å². The minimum absolute atomic E-state index is 0.00220. The van der Waals surface area contributed by atoms with Gasteiger partial charge in [0.1, 0.15) is 0 Å². The minimum atomic E-state index is -1.05. The van der Waals surface area contributed by atoms with E-state index in [1.54, 1.807) is 12.4 Å². The number of nitrogens with zero attached hydrogens (tertiary/aromatic N) is 3. The van der Waals surface area contributed by atoms with Gasteiger partial charge in [0.15, 0.2) is 11.5 Å². The van der Waals surface area contributed by atoms with Crippen molar-refractivity contribution in [2.45, 2.75) is 6.92 Å². The first-order chi connectivity index (χ1) is 7.58. The quantitative estimate of drug-likeness (QED) is 0.915. The molecule has 6 heteroatoms. The van der Waals surface area contributed by atoms with Crippen molar-refractivity contribution >= 4 is 21.9 Å². The smallest absolute Gasteiger partial charge is 0.356 e. The van der Waals surface area contributed by atoms with E-state index >= 15 is 0 Å². The molecule has 2 aromatic rings. The first kappa shape index (κ1) is 10.8. The monoisotopic (exact) mass is 281 g/mol. The van der Waals surface area contributed by atoms with Crippen LogP contribution < -0.4 is 0 Å². The second-order valence-corrected chi connectivity index (χ2v) is 4.10. The van der Waals surface area contributed by atoms with Gasteiger partial charge in [0.25, 0.3) is 0 Å². The molecule has 0 aliphatic rings. The Morgan fingerprint density at radius 1 is 1.56 bits per heavy atom. The Labute approximate surface area is 99.9 Å². The van der Waals surface area contributed by atoms with Crippen molar-refractivity contribution in [1.29, 1.82) is 0 Å². The molecule has 0 aromatic carbocycles. The molecule has 0 aliphatic carbocycles. The molecule has 5 nitrogen and oxygen atoms in total. The second-order valence-electron chi connectivity index (χ2n) is 3.24. The van der Waals surface area contributed by atoms with E-state index in [2.05, 4.69) is 26.0 Å². The van der Waals surface area contributed by atoms with Crippen LogP contribution >= 0.6 is 15.9 Å². The van der Waals surface area contributed by atoms with E-state index in [1.165, 1.54) is 10.7 Å². The fourth-order valence-electron chi connectivity index (χ4n) is 1.22. The number of rotatable bonds is 2. The number of aromatic nitrogens is 3. The molecule has 82 valence electrons. The molecule has 0 amide bonds. The molecule has 0 saturated carbocycles. The van der Waals surface area contributed by atoms with Crippen molar-refractivity contribution in [2.24, 2.45) is 0 Å². The summed E-state index contributed by atoms with van der Waals surface area (Å²) in [5.41, 5.74) is 1.01. The lowest BCUT2D eigenvalue weighted by Crippen LogP contribution is -2.02. The fraction of sp³-hybridized carbons (Fsp3) is 0.100. The minimum Gasteiger partial charge on any atom is -0.476 e. The first-order valence-electron chi connectivity index (χ1n) is 4.49. The average Bonchev–Trinajstić information content (AvgIpc) is 2.71.